The largest absolute Gasteiger partial charge is 0.304 e. The highest BCUT2D eigenvalue weighted by Gasteiger charge is 2.20. The second-order valence-corrected chi connectivity index (χ2v) is 7.06. The van der Waals surface area contributed by atoms with Gasteiger partial charge in [0, 0.05) is 9.85 Å². The monoisotopic (exact) mass is 370 g/mol. The van der Waals surface area contributed by atoms with E-state index in [2.05, 4.69) is 47.4 Å². The van der Waals surface area contributed by atoms with E-state index in [-0.39, 0.29) is 11.9 Å². The van der Waals surface area contributed by atoms with Gasteiger partial charge in [0.2, 0.25) is 0 Å². The molecule has 0 aliphatic rings. The second kappa shape index (κ2) is 7.47. The van der Waals surface area contributed by atoms with Crippen molar-refractivity contribution < 1.29 is 4.39 Å². The zero-order chi connectivity index (χ0) is 15.4. The van der Waals surface area contributed by atoms with Crippen molar-refractivity contribution in [2.75, 3.05) is 6.54 Å². The van der Waals surface area contributed by atoms with Crippen LogP contribution < -0.4 is 5.32 Å². The smallest absolute Gasteiger partial charge is 0.123 e. The second-order valence-electron chi connectivity index (χ2n) is 5.32. The van der Waals surface area contributed by atoms with E-state index in [1.54, 1.807) is 23.5 Å². The van der Waals surface area contributed by atoms with Gasteiger partial charge in [-0.05, 0) is 42.6 Å². The number of hydrogen-bond donors (Lipinski definition) is 1. The van der Waals surface area contributed by atoms with E-state index in [0.717, 1.165) is 33.7 Å². The molecule has 0 saturated carbocycles. The normalized spacial score (nSPS) is 12.9. The molecule has 114 valence electrons. The van der Waals surface area contributed by atoms with Gasteiger partial charge in [-0.3, -0.25) is 0 Å². The van der Waals surface area contributed by atoms with E-state index in [1.165, 1.54) is 6.07 Å². The summed E-state index contributed by atoms with van der Waals surface area (Å²) in [5, 5.41) is 6.55. The molecular formula is C16H20BrFN2S. The predicted molar refractivity (Wildman–Crippen MR) is 90.4 cm³/mol. The van der Waals surface area contributed by atoms with Crippen LogP contribution in [0.5, 0.6) is 0 Å². The van der Waals surface area contributed by atoms with Crippen LogP contribution in [-0.2, 0) is 0 Å². The topological polar surface area (TPSA) is 24.9 Å². The fourth-order valence-electron chi connectivity index (χ4n) is 2.05. The third-order valence-corrected chi connectivity index (χ3v) is 4.90. The summed E-state index contributed by atoms with van der Waals surface area (Å²) in [5.74, 6) is 0.176. The van der Waals surface area contributed by atoms with Crippen molar-refractivity contribution in [1.82, 2.24) is 10.3 Å². The van der Waals surface area contributed by atoms with Gasteiger partial charge < -0.3 is 5.32 Å². The molecule has 0 amide bonds. The van der Waals surface area contributed by atoms with Crippen LogP contribution in [-0.4, -0.2) is 11.5 Å². The number of halogens is 2. The lowest BCUT2D eigenvalue weighted by atomic mass is 10.1. The van der Waals surface area contributed by atoms with Crippen molar-refractivity contribution in [3.05, 3.63) is 50.1 Å². The maximum absolute atomic E-state index is 13.6. The molecule has 0 aliphatic carbocycles. The molecule has 1 N–H and O–H groups in total. The molecule has 2 aromatic rings. The quantitative estimate of drug-likeness (QED) is 0.750. The number of nitrogens with zero attached hydrogens (tertiary/aromatic N) is 1. The summed E-state index contributed by atoms with van der Waals surface area (Å²) in [5.41, 5.74) is 1.99. The van der Waals surface area contributed by atoms with E-state index < -0.39 is 0 Å². The fraction of sp³-hybridized carbons (Fsp3) is 0.438. The van der Waals surface area contributed by atoms with Crippen LogP contribution in [0.4, 0.5) is 4.39 Å². The molecule has 0 aliphatic heterocycles. The Balaban J connectivity index is 2.39. The Morgan fingerprint density at radius 1 is 1.38 bits per heavy atom. The number of aromatic nitrogens is 1. The van der Waals surface area contributed by atoms with Gasteiger partial charge in [0.25, 0.3) is 0 Å². The van der Waals surface area contributed by atoms with Gasteiger partial charge >= 0.3 is 0 Å². The van der Waals surface area contributed by atoms with Crippen molar-refractivity contribution in [2.24, 2.45) is 0 Å². The molecule has 1 atom stereocenters. The lowest BCUT2D eigenvalue weighted by Gasteiger charge is -2.18. The van der Waals surface area contributed by atoms with Crippen molar-refractivity contribution in [3.63, 3.8) is 0 Å². The summed E-state index contributed by atoms with van der Waals surface area (Å²) in [7, 11) is 0. The molecule has 1 aromatic carbocycles. The van der Waals surface area contributed by atoms with E-state index >= 15 is 0 Å². The predicted octanol–water partition coefficient (Wildman–Crippen LogP) is 5.26. The zero-order valence-electron chi connectivity index (χ0n) is 12.5. The first-order valence-electron chi connectivity index (χ1n) is 7.16. The van der Waals surface area contributed by atoms with Gasteiger partial charge in [-0.15, -0.1) is 11.3 Å². The molecule has 1 aromatic heterocycles. The van der Waals surface area contributed by atoms with Gasteiger partial charge in [-0.1, -0.05) is 36.7 Å². The summed E-state index contributed by atoms with van der Waals surface area (Å²) < 4.78 is 14.5. The Bertz CT molecular complexity index is 598. The minimum Gasteiger partial charge on any atom is -0.304 e. The highest BCUT2D eigenvalue weighted by atomic mass is 79.9. The molecule has 0 spiro atoms. The molecule has 2 nitrogen and oxygen atoms in total. The van der Waals surface area contributed by atoms with Crippen LogP contribution in [0, 0.1) is 5.82 Å². The Kier molecular flexibility index (Phi) is 5.90. The van der Waals surface area contributed by atoms with Gasteiger partial charge in [0.15, 0.2) is 0 Å². The minimum atomic E-state index is -0.225. The summed E-state index contributed by atoms with van der Waals surface area (Å²) in [6, 6.07) is 4.72. The molecule has 0 fully saturated rings. The number of hydrogen-bond acceptors (Lipinski definition) is 3. The molecule has 5 heteroatoms. The molecule has 2 rings (SSSR count). The van der Waals surface area contributed by atoms with Crippen LogP contribution >= 0.6 is 27.3 Å². The Labute approximate surface area is 137 Å². The average molecular weight is 371 g/mol. The van der Waals surface area contributed by atoms with E-state index in [4.69, 9.17) is 4.98 Å². The third kappa shape index (κ3) is 4.11. The van der Waals surface area contributed by atoms with Crippen LogP contribution in [0.1, 0.15) is 55.4 Å². The van der Waals surface area contributed by atoms with Crippen LogP contribution in [0.25, 0.3) is 0 Å². The lowest BCUT2D eigenvalue weighted by Crippen LogP contribution is -2.23. The Hall–Kier alpha value is -0.780. The highest BCUT2D eigenvalue weighted by Crippen LogP contribution is 2.32. The number of thiazole rings is 1. The van der Waals surface area contributed by atoms with E-state index in [1.807, 2.05) is 0 Å². The molecule has 1 unspecified atom stereocenters. The maximum Gasteiger partial charge on any atom is 0.123 e. The van der Waals surface area contributed by atoms with E-state index in [9.17, 15) is 4.39 Å². The van der Waals surface area contributed by atoms with Gasteiger partial charge in [0.1, 0.15) is 10.8 Å². The van der Waals surface area contributed by atoms with E-state index in [0.29, 0.717) is 5.92 Å². The van der Waals surface area contributed by atoms with Gasteiger partial charge in [0.05, 0.1) is 11.7 Å². The molecule has 21 heavy (non-hydrogen) atoms. The van der Waals surface area contributed by atoms with Gasteiger partial charge in [-0.2, -0.15) is 0 Å². The van der Waals surface area contributed by atoms with Crippen LogP contribution in [0.3, 0.4) is 0 Å². The number of rotatable bonds is 6. The minimum absolute atomic E-state index is 0.0764. The van der Waals surface area contributed by atoms with Crippen molar-refractivity contribution in [2.45, 2.75) is 39.2 Å². The average Bonchev–Trinajstić information content (AvgIpc) is 2.93. The molecule has 0 saturated heterocycles. The van der Waals surface area contributed by atoms with Crippen molar-refractivity contribution in [1.29, 1.82) is 0 Å². The first-order chi connectivity index (χ1) is 10.0. The highest BCUT2D eigenvalue weighted by molar-refractivity contribution is 9.10. The van der Waals surface area contributed by atoms with Crippen molar-refractivity contribution in [3.8, 4) is 0 Å². The van der Waals surface area contributed by atoms with Crippen molar-refractivity contribution >= 4 is 27.3 Å². The number of benzene rings is 1. The summed E-state index contributed by atoms with van der Waals surface area (Å²) >= 11 is 5.16. The third-order valence-electron chi connectivity index (χ3n) is 3.25. The standard InChI is InChI=1S/C16H20BrFN2S/c1-4-7-19-15(12-8-11(18)5-6-13(12)17)16-20-14(9-21-16)10(2)3/h5-6,8-10,15,19H,4,7H2,1-3H3. The first-order valence-corrected chi connectivity index (χ1v) is 8.83. The summed E-state index contributed by atoms with van der Waals surface area (Å²) in [6.07, 6.45) is 1.02. The zero-order valence-corrected chi connectivity index (χ0v) is 14.9. The summed E-state index contributed by atoms with van der Waals surface area (Å²) in [6.45, 7) is 7.24. The lowest BCUT2D eigenvalue weighted by molar-refractivity contribution is 0.580. The van der Waals surface area contributed by atoms with Crippen LogP contribution in [0.2, 0.25) is 0 Å². The first kappa shape index (κ1) is 16.6. The molecular weight excluding hydrogens is 351 g/mol. The van der Waals surface area contributed by atoms with Gasteiger partial charge in [-0.25, -0.2) is 9.37 Å². The SMILES string of the molecule is CCCNC(c1nc(C(C)C)cs1)c1cc(F)ccc1Br. The summed E-state index contributed by atoms with van der Waals surface area (Å²) in [4.78, 5) is 4.72. The maximum atomic E-state index is 13.6. The Morgan fingerprint density at radius 2 is 2.14 bits per heavy atom. The number of nitrogens with one attached hydrogen (secondary N) is 1. The van der Waals surface area contributed by atoms with Crippen LogP contribution in [0.15, 0.2) is 28.1 Å². The molecule has 0 bridgehead atoms. The molecule has 0 radical (unpaired) electrons. The molecule has 1 heterocycles. The Morgan fingerprint density at radius 3 is 2.76 bits per heavy atom. The fourth-order valence-corrected chi connectivity index (χ4v) is 3.60.